The highest BCUT2D eigenvalue weighted by Gasteiger charge is 2.06. The van der Waals surface area contributed by atoms with E-state index in [0.29, 0.717) is 6.04 Å². The van der Waals surface area contributed by atoms with Gasteiger partial charge in [0.2, 0.25) is 0 Å². The van der Waals surface area contributed by atoms with E-state index in [4.69, 9.17) is 4.42 Å². The smallest absolute Gasteiger partial charge is 0.134 e. The van der Waals surface area contributed by atoms with E-state index in [9.17, 15) is 0 Å². The molecule has 0 bridgehead atoms. The van der Waals surface area contributed by atoms with Crippen LogP contribution in [0.1, 0.15) is 24.7 Å². The van der Waals surface area contributed by atoms with Crippen LogP contribution < -0.4 is 5.32 Å². The number of fused-ring (bicyclic) bond motifs is 1. The van der Waals surface area contributed by atoms with Crippen molar-refractivity contribution in [3.63, 3.8) is 0 Å². The van der Waals surface area contributed by atoms with Gasteiger partial charge in [-0.05, 0) is 50.6 Å². The SMILES string of the molecule is CC[C@H](Cc1ccc2oc(C)cc2c1)NC. The Balaban J connectivity index is 2.24. The van der Waals surface area contributed by atoms with Crippen molar-refractivity contribution in [3.05, 3.63) is 35.6 Å². The fourth-order valence-corrected chi connectivity index (χ4v) is 2.09. The number of likely N-dealkylation sites (N-methyl/N-ethyl adjacent to an activating group) is 1. The van der Waals surface area contributed by atoms with Crippen molar-refractivity contribution in [1.29, 1.82) is 0 Å². The monoisotopic (exact) mass is 217 g/mol. The molecule has 2 nitrogen and oxygen atoms in total. The maximum absolute atomic E-state index is 5.56. The van der Waals surface area contributed by atoms with Crippen molar-refractivity contribution >= 4 is 11.0 Å². The highest BCUT2D eigenvalue weighted by molar-refractivity contribution is 5.78. The molecule has 2 rings (SSSR count). The molecular weight excluding hydrogens is 198 g/mol. The van der Waals surface area contributed by atoms with Crippen molar-refractivity contribution in [1.82, 2.24) is 5.32 Å². The topological polar surface area (TPSA) is 25.2 Å². The summed E-state index contributed by atoms with van der Waals surface area (Å²) in [6.07, 6.45) is 2.23. The lowest BCUT2D eigenvalue weighted by atomic mass is 10.0. The summed E-state index contributed by atoms with van der Waals surface area (Å²) in [6.45, 7) is 4.20. The highest BCUT2D eigenvalue weighted by Crippen LogP contribution is 2.21. The molecule has 0 spiro atoms. The molecule has 0 amide bonds. The van der Waals surface area contributed by atoms with E-state index >= 15 is 0 Å². The molecule has 2 aromatic rings. The fourth-order valence-electron chi connectivity index (χ4n) is 2.09. The van der Waals surface area contributed by atoms with Crippen molar-refractivity contribution < 1.29 is 4.42 Å². The number of rotatable bonds is 4. The molecule has 0 unspecified atom stereocenters. The van der Waals surface area contributed by atoms with E-state index in [1.54, 1.807) is 0 Å². The van der Waals surface area contributed by atoms with Crippen molar-refractivity contribution in [2.45, 2.75) is 32.7 Å². The van der Waals surface area contributed by atoms with Crippen LogP contribution in [0.25, 0.3) is 11.0 Å². The minimum absolute atomic E-state index is 0.561. The largest absolute Gasteiger partial charge is 0.461 e. The normalized spacial score (nSPS) is 13.2. The summed E-state index contributed by atoms with van der Waals surface area (Å²) in [5.74, 6) is 0.979. The second kappa shape index (κ2) is 4.71. The van der Waals surface area contributed by atoms with Crippen LogP contribution in [0, 0.1) is 6.92 Å². The van der Waals surface area contributed by atoms with Crippen LogP contribution in [0.5, 0.6) is 0 Å². The molecule has 2 heteroatoms. The van der Waals surface area contributed by atoms with Gasteiger partial charge in [-0.2, -0.15) is 0 Å². The molecule has 0 radical (unpaired) electrons. The number of hydrogen-bond acceptors (Lipinski definition) is 2. The lowest BCUT2D eigenvalue weighted by Gasteiger charge is -2.13. The molecule has 16 heavy (non-hydrogen) atoms. The Morgan fingerprint density at radius 1 is 1.31 bits per heavy atom. The minimum atomic E-state index is 0.561. The molecule has 0 fully saturated rings. The molecule has 1 N–H and O–H groups in total. The van der Waals surface area contributed by atoms with Crippen LogP contribution >= 0.6 is 0 Å². The van der Waals surface area contributed by atoms with E-state index in [0.717, 1.165) is 24.2 Å². The molecule has 86 valence electrons. The summed E-state index contributed by atoms with van der Waals surface area (Å²) in [5.41, 5.74) is 2.35. The number of benzene rings is 1. The van der Waals surface area contributed by atoms with Gasteiger partial charge < -0.3 is 9.73 Å². The number of aryl methyl sites for hydroxylation is 1. The summed E-state index contributed by atoms with van der Waals surface area (Å²) >= 11 is 0. The van der Waals surface area contributed by atoms with Gasteiger partial charge in [-0.3, -0.25) is 0 Å². The molecule has 0 aliphatic carbocycles. The lowest BCUT2D eigenvalue weighted by Crippen LogP contribution is -2.26. The average molecular weight is 217 g/mol. The third kappa shape index (κ3) is 2.27. The zero-order valence-corrected chi connectivity index (χ0v) is 10.2. The first-order valence-electron chi connectivity index (χ1n) is 5.89. The summed E-state index contributed by atoms with van der Waals surface area (Å²) < 4.78 is 5.56. The molecule has 1 atom stereocenters. The van der Waals surface area contributed by atoms with Crippen LogP contribution in [-0.4, -0.2) is 13.1 Å². The molecule has 0 aliphatic heterocycles. The van der Waals surface area contributed by atoms with E-state index in [1.165, 1.54) is 10.9 Å². The third-order valence-electron chi connectivity index (χ3n) is 3.09. The van der Waals surface area contributed by atoms with Crippen LogP contribution in [-0.2, 0) is 6.42 Å². The van der Waals surface area contributed by atoms with E-state index < -0.39 is 0 Å². The van der Waals surface area contributed by atoms with E-state index in [-0.39, 0.29) is 0 Å². The number of nitrogens with one attached hydrogen (secondary N) is 1. The van der Waals surface area contributed by atoms with Gasteiger partial charge in [0.1, 0.15) is 11.3 Å². The Morgan fingerprint density at radius 2 is 2.12 bits per heavy atom. The standard InChI is InChI=1S/C14H19NO/c1-4-13(15-3)9-11-5-6-14-12(8-11)7-10(2)16-14/h5-8,13,15H,4,9H2,1-3H3/t13-/m1/s1. The van der Waals surface area contributed by atoms with Crippen LogP contribution in [0.3, 0.4) is 0 Å². The third-order valence-corrected chi connectivity index (χ3v) is 3.09. The molecule has 0 aliphatic rings. The predicted molar refractivity (Wildman–Crippen MR) is 67.8 cm³/mol. The highest BCUT2D eigenvalue weighted by atomic mass is 16.3. The summed E-state index contributed by atoms with van der Waals surface area (Å²) in [7, 11) is 2.02. The zero-order chi connectivity index (χ0) is 11.5. The zero-order valence-electron chi connectivity index (χ0n) is 10.2. The van der Waals surface area contributed by atoms with Crippen molar-refractivity contribution in [2.75, 3.05) is 7.05 Å². The Kier molecular flexibility index (Phi) is 3.30. The lowest BCUT2D eigenvalue weighted by molar-refractivity contribution is 0.543. The molecule has 1 aromatic carbocycles. The fraction of sp³-hybridized carbons (Fsp3) is 0.429. The second-order valence-corrected chi connectivity index (χ2v) is 4.33. The first-order valence-corrected chi connectivity index (χ1v) is 5.89. The number of hydrogen-bond donors (Lipinski definition) is 1. The first-order chi connectivity index (χ1) is 7.72. The van der Waals surface area contributed by atoms with Gasteiger partial charge in [0.15, 0.2) is 0 Å². The predicted octanol–water partition coefficient (Wildman–Crippen LogP) is 3.28. The molecule has 1 heterocycles. The summed E-state index contributed by atoms with van der Waals surface area (Å²) in [6, 6.07) is 9.11. The molecule has 0 saturated carbocycles. The van der Waals surface area contributed by atoms with Gasteiger partial charge in [-0.25, -0.2) is 0 Å². The van der Waals surface area contributed by atoms with Gasteiger partial charge in [0, 0.05) is 11.4 Å². The Labute approximate surface area is 96.6 Å². The Hall–Kier alpha value is -1.28. The quantitative estimate of drug-likeness (QED) is 0.850. The molecule has 1 aromatic heterocycles. The average Bonchev–Trinajstić information content (AvgIpc) is 2.65. The van der Waals surface area contributed by atoms with Crippen LogP contribution in [0.2, 0.25) is 0 Å². The Bertz CT molecular complexity index is 469. The van der Waals surface area contributed by atoms with Crippen LogP contribution in [0.15, 0.2) is 28.7 Å². The summed E-state index contributed by atoms with van der Waals surface area (Å²) in [4.78, 5) is 0. The van der Waals surface area contributed by atoms with Crippen molar-refractivity contribution in [3.8, 4) is 0 Å². The summed E-state index contributed by atoms with van der Waals surface area (Å²) in [5, 5.41) is 4.54. The van der Waals surface area contributed by atoms with Gasteiger partial charge in [-0.15, -0.1) is 0 Å². The maximum atomic E-state index is 5.56. The van der Waals surface area contributed by atoms with Crippen molar-refractivity contribution in [2.24, 2.45) is 0 Å². The molecular formula is C14H19NO. The van der Waals surface area contributed by atoms with E-state index in [1.807, 2.05) is 14.0 Å². The number of furan rings is 1. The van der Waals surface area contributed by atoms with E-state index in [2.05, 4.69) is 36.5 Å². The van der Waals surface area contributed by atoms with Gasteiger partial charge in [0.25, 0.3) is 0 Å². The second-order valence-electron chi connectivity index (χ2n) is 4.33. The van der Waals surface area contributed by atoms with Crippen LogP contribution in [0.4, 0.5) is 0 Å². The van der Waals surface area contributed by atoms with Gasteiger partial charge >= 0.3 is 0 Å². The maximum Gasteiger partial charge on any atom is 0.134 e. The Morgan fingerprint density at radius 3 is 2.81 bits per heavy atom. The van der Waals surface area contributed by atoms with Gasteiger partial charge in [-0.1, -0.05) is 13.0 Å². The van der Waals surface area contributed by atoms with Gasteiger partial charge in [0.05, 0.1) is 0 Å². The first kappa shape index (κ1) is 11.2. The minimum Gasteiger partial charge on any atom is -0.461 e. The molecule has 0 saturated heterocycles.